The van der Waals surface area contributed by atoms with Gasteiger partial charge in [0.2, 0.25) is 11.8 Å². The molecular formula is C18H18N4O2S. The Morgan fingerprint density at radius 1 is 1.08 bits per heavy atom. The summed E-state index contributed by atoms with van der Waals surface area (Å²) in [6.45, 7) is -0.0375. The van der Waals surface area contributed by atoms with Gasteiger partial charge in [0.15, 0.2) is 0 Å². The lowest BCUT2D eigenvalue weighted by Gasteiger charge is -2.08. The number of carbonyl (C=O) groups is 2. The van der Waals surface area contributed by atoms with Crippen molar-refractivity contribution in [2.75, 3.05) is 11.9 Å². The van der Waals surface area contributed by atoms with Gasteiger partial charge >= 0.3 is 0 Å². The molecule has 0 saturated heterocycles. The number of nitrogens with one attached hydrogen (secondary N) is 2. The van der Waals surface area contributed by atoms with E-state index in [4.69, 9.17) is 0 Å². The lowest BCUT2D eigenvalue weighted by atomic mass is 10.2. The summed E-state index contributed by atoms with van der Waals surface area (Å²) in [5.74, 6) is -0.381. The highest BCUT2D eigenvalue weighted by molar-refractivity contribution is 7.09. The van der Waals surface area contributed by atoms with Crippen LogP contribution in [0.25, 0.3) is 5.69 Å². The van der Waals surface area contributed by atoms with Crippen LogP contribution in [0.5, 0.6) is 0 Å². The van der Waals surface area contributed by atoms with E-state index in [1.165, 1.54) is 0 Å². The fourth-order valence-electron chi connectivity index (χ4n) is 2.28. The van der Waals surface area contributed by atoms with Gasteiger partial charge in [-0.2, -0.15) is 5.10 Å². The molecule has 3 aromatic rings. The van der Waals surface area contributed by atoms with Crippen LogP contribution in [0.4, 0.5) is 5.69 Å². The standard InChI is InChI=1S/C18H18N4O2S/c23-17(9-8-16-3-1-12-25-16)19-13-18(24)21-14-4-6-15(7-5-14)22-11-2-10-20-22/h1-7,10-12H,8-9,13H2,(H,19,23)(H,21,24). The van der Waals surface area contributed by atoms with Gasteiger partial charge in [-0.3, -0.25) is 9.59 Å². The number of benzene rings is 1. The van der Waals surface area contributed by atoms with Gasteiger partial charge < -0.3 is 10.6 Å². The largest absolute Gasteiger partial charge is 0.347 e. The second kappa shape index (κ2) is 8.25. The number of aryl methyl sites for hydroxylation is 1. The molecule has 0 aliphatic carbocycles. The second-order valence-electron chi connectivity index (χ2n) is 5.40. The molecule has 6 nitrogen and oxygen atoms in total. The average molecular weight is 354 g/mol. The predicted molar refractivity (Wildman–Crippen MR) is 97.8 cm³/mol. The quantitative estimate of drug-likeness (QED) is 0.685. The first kappa shape index (κ1) is 16.9. The third-order valence-corrected chi connectivity index (χ3v) is 4.48. The van der Waals surface area contributed by atoms with Crippen LogP contribution in [0, 0.1) is 0 Å². The van der Waals surface area contributed by atoms with Crippen LogP contribution in [0.3, 0.4) is 0 Å². The lowest BCUT2D eigenvalue weighted by Crippen LogP contribution is -2.32. The van der Waals surface area contributed by atoms with E-state index in [9.17, 15) is 9.59 Å². The number of rotatable bonds is 7. The number of amides is 2. The molecule has 0 radical (unpaired) electrons. The highest BCUT2D eigenvalue weighted by atomic mass is 32.1. The molecule has 2 N–H and O–H groups in total. The van der Waals surface area contributed by atoms with Crippen LogP contribution in [-0.2, 0) is 16.0 Å². The van der Waals surface area contributed by atoms with Gasteiger partial charge in [0, 0.05) is 29.4 Å². The molecule has 0 atom stereocenters. The third-order valence-electron chi connectivity index (χ3n) is 3.54. The SMILES string of the molecule is O=C(CCc1cccs1)NCC(=O)Nc1ccc(-n2cccn2)cc1. The van der Waals surface area contributed by atoms with Crippen molar-refractivity contribution in [3.63, 3.8) is 0 Å². The molecule has 128 valence electrons. The molecule has 0 unspecified atom stereocenters. The smallest absolute Gasteiger partial charge is 0.243 e. The molecule has 2 aromatic heterocycles. The number of hydrogen-bond acceptors (Lipinski definition) is 4. The fourth-order valence-corrected chi connectivity index (χ4v) is 2.99. The highest BCUT2D eigenvalue weighted by Gasteiger charge is 2.07. The van der Waals surface area contributed by atoms with Crippen molar-refractivity contribution in [3.8, 4) is 5.69 Å². The molecule has 0 aliphatic heterocycles. The van der Waals surface area contributed by atoms with Crippen molar-refractivity contribution in [1.82, 2.24) is 15.1 Å². The molecule has 0 spiro atoms. The van der Waals surface area contributed by atoms with Crippen molar-refractivity contribution in [2.24, 2.45) is 0 Å². The summed E-state index contributed by atoms with van der Waals surface area (Å²) in [6.07, 6.45) is 4.63. The molecule has 1 aromatic carbocycles. The zero-order valence-electron chi connectivity index (χ0n) is 13.5. The summed E-state index contributed by atoms with van der Waals surface area (Å²) in [6, 6.07) is 13.1. The minimum absolute atomic E-state index is 0.0375. The Bertz CT molecular complexity index is 811. The van der Waals surface area contributed by atoms with Gasteiger partial charge in [-0.25, -0.2) is 4.68 Å². The summed E-state index contributed by atoms with van der Waals surface area (Å²) in [5, 5.41) is 11.5. The number of carbonyl (C=O) groups excluding carboxylic acids is 2. The second-order valence-corrected chi connectivity index (χ2v) is 6.43. The van der Waals surface area contributed by atoms with Crippen LogP contribution in [-0.4, -0.2) is 28.1 Å². The van der Waals surface area contributed by atoms with Crippen LogP contribution in [0.15, 0.2) is 60.2 Å². The predicted octanol–water partition coefficient (Wildman–Crippen LogP) is 2.62. The Labute approximate surface area is 149 Å². The van der Waals surface area contributed by atoms with Crippen molar-refractivity contribution in [2.45, 2.75) is 12.8 Å². The molecule has 3 rings (SSSR count). The maximum absolute atomic E-state index is 11.9. The molecule has 2 heterocycles. The van der Waals surface area contributed by atoms with E-state index < -0.39 is 0 Å². The summed E-state index contributed by atoms with van der Waals surface area (Å²) < 4.78 is 1.74. The Morgan fingerprint density at radius 2 is 1.92 bits per heavy atom. The molecule has 0 saturated carbocycles. The first-order chi connectivity index (χ1) is 12.2. The van der Waals surface area contributed by atoms with Crippen LogP contribution in [0.1, 0.15) is 11.3 Å². The maximum atomic E-state index is 11.9. The molecule has 0 bridgehead atoms. The van der Waals surface area contributed by atoms with E-state index in [1.54, 1.807) is 34.3 Å². The monoisotopic (exact) mass is 354 g/mol. The fraction of sp³-hybridized carbons (Fsp3) is 0.167. The first-order valence-electron chi connectivity index (χ1n) is 7.90. The molecule has 2 amide bonds. The zero-order chi connectivity index (χ0) is 17.5. The van der Waals surface area contributed by atoms with Crippen LogP contribution in [0.2, 0.25) is 0 Å². The molecular weight excluding hydrogens is 336 g/mol. The molecule has 0 aliphatic rings. The minimum Gasteiger partial charge on any atom is -0.347 e. The number of aromatic nitrogens is 2. The maximum Gasteiger partial charge on any atom is 0.243 e. The topological polar surface area (TPSA) is 76.0 Å². The van der Waals surface area contributed by atoms with Crippen molar-refractivity contribution < 1.29 is 9.59 Å². The van der Waals surface area contributed by atoms with Gasteiger partial charge in [0.25, 0.3) is 0 Å². The highest BCUT2D eigenvalue weighted by Crippen LogP contribution is 2.12. The van der Waals surface area contributed by atoms with Gasteiger partial charge in [-0.15, -0.1) is 11.3 Å². The van der Waals surface area contributed by atoms with Crippen molar-refractivity contribution >= 4 is 28.8 Å². The lowest BCUT2D eigenvalue weighted by molar-refractivity contribution is -0.124. The van der Waals surface area contributed by atoms with Crippen molar-refractivity contribution in [1.29, 1.82) is 0 Å². The molecule has 25 heavy (non-hydrogen) atoms. The van der Waals surface area contributed by atoms with Crippen molar-refractivity contribution in [3.05, 3.63) is 65.1 Å². The Kier molecular flexibility index (Phi) is 5.58. The summed E-state index contributed by atoms with van der Waals surface area (Å²) in [5.41, 5.74) is 1.58. The summed E-state index contributed by atoms with van der Waals surface area (Å²) >= 11 is 1.63. The van der Waals surface area contributed by atoms with Crippen LogP contribution < -0.4 is 10.6 Å². The van der Waals surface area contributed by atoms with Gasteiger partial charge in [0.05, 0.1) is 12.2 Å². The Hall–Kier alpha value is -2.93. The average Bonchev–Trinajstić information content (AvgIpc) is 3.32. The molecule has 7 heteroatoms. The molecule has 0 fully saturated rings. The van der Waals surface area contributed by atoms with Gasteiger partial charge in [0.1, 0.15) is 0 Å². The van der Waals surface area contributed by atoms with E-state index in [-0.39, 0.29) is 18.4 Å². The van der Waals surface area contributed by atoms with E-state index >= 15 is 0 Å². The van der Waals surface area contributed by atoms with E-state index in [0.717, 1.165) is 10.6 Å². The van der Waals surface area contributed by atoms with Crippen LogP contribution >= 0.6 is 11.3 Å². The third kappa shape index (κ3) is 5.02. The summed E-state index contributed by atoms with van der Waals surface area (Å²) in [4.78, 5) is 24.9. The van der Waals surface area contributed by atoms with Gasteiger partial charge in [-0.1, -0.05) is 6.07 Å². The number of thiophene rings is 1. The number of nitrogens with zero attached hydrogens (tertiary/aromatic N) is 2. The van der Waals surface area contributed by atoms with E-state index in [0.29, 0.717) is 18.5 Å². The van der Waals surface area contributed by atoms with E-state index in [1.807, 2.05) is 41.9 Å². The minimum atomic E-state index is -0.253. The number of anilines is 1. The normalized spacial score (nSPS) is 10.4. The Morgan fingerprint density at radius 3 is 2.60 bits per heavy atom. The summed E-state index contributed by atoms with van der Waals surface area (Å²) in [7, 11) is 0. The zero-order valence-corrected chi connectivity index (χ0v) is 14.3. The first-order valence-corrected chi connectivity index (χ1v) is 8.78. The van der Waals surface area contributed by atoms with Gasteiger partial charge in [-0.05, 0) is 48.2 Å². The van der Waals surface area contributed by atoms with E-state index in [2.05, 4.69) is 15.7 Å². The number of hydrogen-bond donors (Lipinski definition) is 2. The Balaban J connectivity index is 1.42.